The first-order chi connectivity index (χ1) is 11.5. The molecule has 0 unspecified atom stereocenters. The highest BCUT2D eigenvalue weighted by atomic mass is 35.5. The second-order valence-corrected chi connectivity index (χ2v) is 6.14. The van der Waals surface area contributed by atoms with Crippen molar-refractivity contribution in [3.63, 3.8) is 0 Å². The van der Waals surface area contributed by atoms with Crippen LogP contribution in [-0.4, -0.2) is 29.9 Å². The van der Waals surface area contributed by atoms with E-state index in [9.17, 15) is 9.59 Å². The van der Waals surface area contributed by atoms with Crippen molar-refractivity contribution >= 4 is 34.9 Å². The lowest BCUT2D eigenvalue weighted by molar-refractivity contribution is -0.121. The molecule has 0 radical (unpaired) electrons. The van der Waals surface area contributed by atoms with Gasteiger partial charge in [0, 0.05) is 30.0 Å². The van der Waals surface area contributed by atoms with Gasteiger partial charge in [0.05, 0.1) is 11.5 Å². The number of pyridine rings is 1. The van der Waals surface area contributed by atoms with Gasteiger partial charge in [-0.25, -0.2) is 4.98 Å². The van der Waals surface area contributed by atoms with Crippen LogP contribution in [0.25, 0.3) is 0 Å². The lowest BCUT2D eigenvalue weighted by atomic mass is 10.1. The molecule has 1 atom stereocenters. The fourth-order valence-electron chi connectivity index (χ4n) is 2.68. The van der Waals surface area contributed by atoms with Gasteiger partial charge in [-0.1, -0.05) is 17.7 Å². The minimum Gasteiger partial charge on any atom is -0.369 e. The number of nitrogens with one attached hydrogen (secondary N) is 1. The Kier molecular flexibility index (Phi) is 4.66. The first kappa shape index (κ1) is 16.3. The third kappa shape index (κ3) is 3.65. The molecule has 2 heterocycles. The molecule has 0 saturated carbocycles. The summed E-state index contributed by atoms with van der Waals surface area (Å²) in [4.78, 5) is 29.8. The van der Waals surface area contributed by atoms with E-state index >= 15 is 0 Å². The van der Waals surface area contributed by atoms with Gasteiger partial charge >= 0.3 is 0 Å². The van der Waals surface area contributed by atoms with Crippen LogP contribution in [-0.2, 0) is 4.79 Å². The predicted molar refractivity (Wildman–Crippen MR) is 93.2 cm³/mol. The molecule has 2 aromatic rings. The zero-order valence-corrected chi connectivity index (χ0v) is 13.7. The molecular weight excluding hydrogens is 328 g/mol. The van der Waals surface area contributed by atoms with Crippen molar-refractivity contribution in [3.05, 3.63) is 53.2 Å². The normalized spacial score (nSPS) is 16.9. The van der Waals surface area contributed by atoms with Gasteiger partial charge < -0.3 is 16.0 Å². The molecule has 3 rings (SSSR count). The molecule has 1 aromatic carbocycles. The number of aromatic nitrogens is 1. The number of nitrogens with two attached hydrogens (primary N) is 1. The van der Waals surface area contributed by atoms with Crippen LogP contribution in [0.1, 0.15) is 16.8 Å². The van der Waals surface area contributed by atoms with E-state index in [1.807, 2.05) is 4.90 Å². The third-order valence-electron chi connectivity index (χ3n) is 4.01. The van der Waals surface area contributed by atoms with Crippen LogP contribution in [0.2, 0.25) is 5.02 Å². The van der Waals surface area contributed by atoms with Crippen LogP contribution < -0.4 is 16.0 Å². The lowest BCUT2D eigenvalue weighted by Crippen LogP contribution is -2.27. The smallest absolute Gasteiger partial charge is 0.257 e. The maximum atomic E-state index is 12.2. The van der Waals surface area contributed by atoms with E-state index in [4.69, 9.17) is 17.3 Å². The molecule has 7 heteroatoms. The molecule has 1 aliphatic heterocycles. The summed E-state index contributed by atoms with van der Waals surface area (Å²) in [6.07, 6.45) is 2.25. The minimum absolute atomic E-state index is 0.141. The summed E-state index contributed by atoms with van der Waals surface area (Å²) in [5.74, 6) is 0.0541. The first-order valence-electron chi connectivity index (χ1n) is 7.60. The number of anilines is 2. The van der Waals surface area contributed by atoms with Gasteiger partial charge in [0.1, 0.15) is 5.82 Å². The molecule has 2 amide bonds. The molecule has 1 saturated heterocycles. The van der Waals surface area contributed by atoms with Gasteiger partial charge in [0.15, 0.2) is 0 Å². The van der Waals surface area contributed by atoms with Crippen molar-refractivity contribution in [1.82, 2.24) is 4.98 Å². The number of halogens is 1. The maximum absolute atomic E-state index is 12.2. The van der Waals surface area contributed by atoms with Gasteiger partial charge in [-0.2, -0.15) is 0 Å². The van der Waals surface area contributed by atoms with Crippen molar-refractivity contribution in [2.24, 2.45) is 11.7 Å². The summed E-state index contributed by atoms with van der Waals surface area (Å²) in [6, 6.07) is 10.4. The Morgan fingerprint density at radius 2 is 2.12 bits per heavy atom. The van der Waals surface area contributed by atoms with E-state index in [0.717, 1.165) is 18.8 Å². The van der Waals surface area contributed by atoms with Crippen molar-refractivity contribution in [2.45, 2.75) is 6.42 Å². The summed E-state index contributed by atoms with van der Waals surface area (Å²) < 4.78 is 0. The van der Waals surface area contributed by atoms with E-state index in [-0.39, 0.29) is 17.7 Å². The number of carbonyl (C=O) groups excluding carboxylic acids is 2. The monoisotopic (exact) mass is 344 g/mol. The fraction of sp³-hybridized carbons (Fsp3) is 0.235. The van der Waals surface area contributed by atoms with Gasteiger partial charge in [0.25, 0.3) is 5.91 Å². The molecule has 0 aliphatic carbocycles. The summed E-state index contributed by atoms with van der Waals surface area (Å²) >= 11 is 5.90. The van der Waals surface area contributed by atoms with Gasteiger partial charge in [-0.05, 0) is 36.8 Å². The number of rotatable bonds is 4. The number of primary amides is 1. The number of hydrogen-bond donors (Lipinski definition) is 2. The maximum Gasteiger partial charge on any atom is 0.257 e. The van der Waals surface area contributed by atoms with Crippen LogP contribution in [0.5, 0.6) is 0 Å². The highest BCUT2D eigenvalue weighted by Crippen LogP contribution is 2.22. The Bertz CT molecular complexity index is 763. The third-order valence-corrected chi connectivity index (χ3v) is 4.24. The zero-order chi connectivity index (χ0) is 17.1. The number of amides is 2. The Labute approximate surface area is 144 Å². The molecule has 124 valence electrons. The minimum atomic E-state index is -0.282. The van der Waals surface area contributed by atoms with Crippen LogP contribution in [0, 0.1) is 5.92 Å². The Morgan fingerprint density at radius 3 is 2.75 bits per heavy atom. The average Bonchev–Trinajstić information content (AvgIpc) is 3.05. The van der Waals surface area contributed by atoms with Crippen molar-refractivity contribution in [3.8, 4) is 0 Å². The Hall–Kier alpha value is -2.60. The molecule has 0 bridgehead atoms. The SMILES string of the molecule is NC(=O)[C@H]1CCN(c2ccc(C(=O)Nc3cccc(Cl)c3)cn2)C1. The molecule has 0 spiro atoms. The summed E-state index contributed by atoms with van der Waals surface area (Å²) in [7, 11) is 0. The van der Waals surface area contributed by atoms with Gasteiger partial charge in [-0.15, -0.1) is 0 Å². The molecule has 1 aromatic heterocycles. The lowest BCUT2D eigenvalue weighted by Gasteiger charge is -2.17. The van der Waals surface area contributed by atoms with Crippen molar-refractivity contribution in [1.29, 1.82) is 0 Å². The van der Waals surface area contributed by atoms with Gasteiger partial charge in [-0.3, -0.25) is 9.59 Å². The molecule has 24 heavy (non-hydrogen) atoms. The topological polar surface area (TPSA) is 88.3 Å². The first-order valence-corrected chi connectivity index (χ1v) is 7.98. The highest BCUT2D eigenvalue weighted by molar-refractivity contribution is 6.30. The van der Waals surface area contributed by atoms with E-state index < -0.39 is 0 Å². The van der Waals surface area contributed by atoms with E-state index in [1.165, 1.54) is 6.20 Å². The van der Waals surface area contributed by atoms with Gasteiger partial charge in [0.2, 0.25) is 5.91 Å². The predicted octanol–water partition coefficient (Wildman–Crippen LogP) is 2.30. The standard InChI is InChI=1S/C17H17ClN4O2/c18-13-2-1-3-14(8-13)21-17(24)11-4-5-15(20-9-11)22-7-6-12(10-22)16(19)23/h1-5,8-9,12H,6-7,10H2,(H2,19,23)(H,21,24)/t12-/m0/s1. The van der Waals surface area contributed by atoms with E-state index in [2.05, 4.69) is 10.3 Å². The van der Waals surface area contributed by atoms with Crippen molar-refractivity contribution in [2.75, 3.05) is 23.3 Å². The van der Waals surface area contributed by atoms with Crippen LogP contribution in [0.4, 0.5) is 11.5 Å². The number of benzene rings is 1. The number of hydrogen-bond acceptors (Lipinski definition) is 4. The zero-order valence-electron chi connectivity index (χ0n) is 12.9. The molecule has 1 aliphatic rings. The van der Waals surface area contributed by atoms with Crippen molar-refractivity contribution < 1.29 is 9.59 Å². The fourth-order valence-corrected chi connectivity index (χ4v) is 2.87. The van der Waals surface area contributed by atoms with Crippen LogP contribution in [0.15, 0.2) is 42.6 Å². The van der Waals surface area contributed by atoms with E-state index in [1.54, 1.807) is 36.4 Å². The van der Waals surface area contributed by atoms with Crippen LogP contribution >= 0.6 is 11.6 Å². The molecule has 1 fully saturated rings. The second-order valence-electron chi connectivity index (χ2n) is 5.70. The van der Waals surface area contributed by atoms with Crippen LogP contribution in [0.3, 0.4) is 0 Å². The highest BCUT2D eigenvalue weighted by Gasteiger charge is 2.27. The average molecular weight is 345 g/mol. The number of nitrogens with zero attached hydrogens (tertiary/aromatic N) is 2. The number of carbonyl (C=O) groups is 2. The quantitative estimate of drug-likeness (QED) is 0.890. The largest absolute Gasteiger partial charge is 0.369 e. The molecule has 3 N–H and O–H groups in total. The molecule has 6 nitrogen and oxygen atoms in total. The second kappa shape index (κ2) is 6.88. The summed E-state index contributed by atoms with van der Waals surface area (Å²) in [6.45, 7) is 1.30. The summed E-state index contributed by atoms with van der Waals surface area (Å²) in [5, 5.41) is 3.33. The molecular formula is C17H17ClN4O2. The Morgan fingerprint density at radius 1 is 1.29 bits per heavy atom. The summed E-state index contributed by atoms with van der Waals surface area (Å²) in [5.41, 5.74) is 6.41. The van der Waals surface area contributed by atoms with E-state index in [0.29, 0.717) is 22.8 Å². The Balaban J connectivity index is 1.66.